The third-order valence-electron chi connectivity index (χ3n) is 4.23. The van der Waals surface area contributed by atoms with E-state index in [1.165, 1.54) is 32.1 Å². The molecule has 0 unspecified atom stereocenters. The number of hydrogen-bond acceptors (Lipinski definition) is 4. The minimum absolute atomic E-state index is 0.232. The Morgan fingerprint density at radius 1 is 1.22 bits per heavy atom. The van der Waals surface area contributed by atoms with Crippen molar-refractivity contribution in [2.45, 2.75) is 45.1 Å². The van der Waals surface area contributed by atoms with Crippen LogP contribution in [0.15, 0.2) is 36.4 Å². The van der Waals surface area contributed by atoms with Crippen LogP contribution >= 0.6 is 11.3 Å². The third kappa shape index (κ3) is 3.94. The quantitative estimate of drug-likeness (QED) is 0.753. The number of ether oxygens (including phenoxy) is 1. The maximum absolute atomic E-state index is 12.3. The standard InChI is InChI=1S/C19H23NO2S/c1-2-22-19(21)16-13-17(14-9-5-3-6-10-14)23-18(16)20-15-11-7-4-8-12-15/h3,5-6,9-10,13,15,20H,2,4,7-8,11-12H2,1H3. The van der Waals surface area contributed by atoms with Gasteiger partial charge >= 0.3 is 5.97 Å². The Kier molecular flexibility index (Phi) is 5.34. The zero-order valence-electron chi connectivity index (χ0n) is 13.5. The minimum atomic E-state index is -0.232. The molecule has 4 heteroatoms. The maximum atomic E-state index is 12.3. The Morgan fingerprint density at radius 3 is 2.65 bits per heavy atom. The molecule has 0 spiro atoms. The van der Waals surface area contributed by atoms with Gasteiger partial charge in [0.15, 0.2) is 0 Å². The highest BCUT2D eigenvalue weighted by molar-refractivity contribution is 7.19. The van der Waals surface area contributed by atoms with Gasteiger partial charge in [-0.05, 0) is 31.4 Å². The average Bonchev–Trinajstić information content (AvgIpc) is 3.01. The molecular formula is C19H23NO2S. The van der Waals surface area contributed by atoms with Crippen LogP contribution in [0.25, 0.3) is 10.4 Å². The van der Waals surface area contributed by atoms with Gasteiger partial charge in [-0.15, -0.1) is 11.3 Å². The molecular weight excluding hydrogens is 306 g/mol. The number of anilines is 1. The van der Waals surface area contributed by atoms with Crippen LogP contribution in [0, 0.1) is 0 Å². The molecule has 1 saturated carbocycles. The predicted octanol–water partition coefficient (Wildman–Crippen LogP) is 5.34. The number of thiophene rings is 1. The number of hydrogen-bond donors (Lipinski definition) is 1. The number of carbonyl (C=O) groups is 1. The summed E-state index contributed by atoms with van der Waals surface area (Å²) < 4.78 is 5.23. The molecule has 2 aromatic rings. The highest BCUT2D eigenvalue weighted by atomic mass is 32.1. The van der Waals surface area contributed by atoms with Gasteiger partial charge in [-0.1, -0.05) is 49.6 Å². The van der Waals surface area contributed by atoms with Gasteiger partial charge in [0.2, 0.25) is 0 Å². The molecule has 0 radical (unpaired) electrons. The molecule has 1 aliphatic carbocycles. The molecule has 1 heterocycles. The SMILES string of the molecule is CCOC(=O)c1cc(-c2ccccc2)sc1NC1CCCCC1. The van der Waals surface area contributed by atoms with Gasteiger partial charge in [0, 0.05) is 10.9 Å². The highest BCUT2D eigenvalue weighted by Crippen LogP contribution is 2.37. The first kappa shape index (κ1) is 16.1. The van der Waals surface area contributed by atoms with Crippen molar-refractivity contribution >= 4 is 22.3 Å². The van der Waals surface area contributed by atoms with Gasteiger partial charge in [-0.3, -0.25) is 0 Å². The third-order valence-corrected chi connectivity index (χ3v) is 5.34. The lowest BCUT2D eigenvalue weighted by Crippen LogP contribution is -2.22. The lowest BCUT2D eigenvalue weighted by molar-refractivity contribution is 0.0528. The average molecular weight is 329 g/mol. The topological polar surface area (TPSA) is 38.3 Å². The van der Waals surface area contributed by atoms with Crippen LogP contribution in [-0.4, -0.2) is 18.6 Å². The largest absolute Gasteiger partial charge is 0.462 e. The van der Waals surface area contributed by atoms with Crippen LogP contribution < -0.4 is 5.32 Å². The number of rotatable bonds is 5. The van der Waals surface area contributed by atoms with Gasteiger partial charge in [0.1, 0.15) is 5.00 Å². The molecule has 1 fully saturated rings. The van der Waals surface area contributed by atoms with E-state index in [0.29, 0.717) is 18.2 Å². The Labute approximate surface area is 141 Å². The van der Waals surface area contributed by atoms with Crippen molar-refractivity contribution in [3.8, 4) is 10.4 Å². The molecule has 3 rings (SSSR count). The highest BCUT2D eigenvalue weighted by Gasteiger charge is 2.21. The summed E-state index contributed by atoms with van der Waals surface area (Å²) in [5.74, 6) is -0.232. The smallest absolute Gasteiger partial charge is 0.341 e. The molecule has 23 heavy (non-hydrogen) atoms. The van der Waals surface area contributed by atoms with Crippen LogP contribution in [0.2, 0.25) is 0 Å². The monoisotopic (exact) mass is 329 g/mol. The zero-order valence-corrected chi connectivity index (χ0v) is 14.3. The fourth-order valence-electron chi connectivity index (χ4n) is 3.04. The Morgan fingerprint density at radius 2 is 1.96 bits per heavy atom. The van der Waals surface area contributed by atoms with Crippen molar-refractivity contribution in [3.05, 3.63) is 42.0 Å². The molecule has 3 nitrogen and oxygen atoms in total. The van der Waals surface area contributed by atoms with Crippen molar-refractivity contribution in [2.75, 3.05) is 11.9 Å². The molecule has 0 amide bonds. The summed E-state index contributed by atoms with van der Waals surface area (Å²) in [5, 5.41) is 4.55. The Hall–Kier alpha value is -1.81. The number of carbonyl (C=O) groups excluding carboxylic acids is 1. The molecule has 0 aliphatic heterocycles. The van der Waals surface area contributed by atoms with E-state index in [4.69, 9.17) is 4.74 Å². The molecule has 0 saturated heterocycles. The second kappa shape index (κ2) is 7.64. The number of esters is 1. The second-order valence-electron chi connectivity index (χ2n) is 5.92. The summed E-state index contributed by atoms with van der Waals surface area (Å²) in [6.07, 6.45) is 6.22. The first-order chi connectivity index (χ1) is 11.3. The van der Waals surface area contributed by atoms with E-state index in [1.54, 1.807) is 11.3 Å². The molecule has 1 aromatic carbocycles. The first-order valence-electron chi connectivity index (χ1n) is 8.41. The summed E-state index contributed by atoms with van der Waals surface area (Å²) in [5.41, 5.74) is 1.81. The molecule has 1 aliphatic rings. The fraction of sp³-hybridized carbons (Fsp3) is 0.421. The van der Waals surface area contributed by atoms with E-state index >= 15 is 0 Å². The number of benzene rings is 1. The summed E-state index contributed by atoms with van der Waals surface area (Å²) in [4.78, 5) is 13.4. The first-order valence-corrected chi connectivity index (χ1v) is 9.22. The molecule has 122 valence electrons. The van der Waals surface area contributed by atoms with Crippen LogP contribution in [0.5, 0.6) is 0 Å². The molecule has 1 aromatic heterocycles. The van der Waals surface area contributed by atoms with Crippen molar-refractivity contribution < 1.29 is 9.53 Å². The molecule has 0 atom stereocenters. The second-order valence-corrected chi connectivity index (χ2v) is 6.97. The van der Waals surface area contributed by atoms with Crippen molar-refractivity contribution in [2.24, 2.45) is 0 Å². The van der Waals surface area contributed by atoms with Crippen molar-refractivity contribution in [1.29, 1.82) is 0 Å². The summed E-state index contributed by atoms with van der Waals surface area (Å²) in [7, 11) is 0. The van der Waals surface area contributed by atoms with E-state index in [9.17, 15) is 4.79 Å². The van der Waals surface area contributed by atoms with Gasteiger partial charge in [0.25, 0.3) is 0 Å². The van der Waals surface area contributed by atoms with E-state index < -0.39 is 0 Å². The van der Waals surface area contributed by atoms with Gasteiger partial charge < -0.3 is 10.1 Å². The van der Waals surface area contributed by atoms with E-state index in [2.05, 4.69) is 17.4 Å². The fourth-order valence-corrected chi connectivity index (χ4v) is 4.16. The lowest BCUT2D eigenvalue weighted by Gasteiger charge is -2.23. The zero-order chi connectivity index (χ0) is 16.1. The van der Waals surface area contributed by atoms with Crippen LogP contribution in [0.1, 0.15) is 49.4 Å². The van der Waals surface area contributed by atoms with Crippen LogP contribution in [-0.2, 0) is 4.74 Å². The van der Waals surface area contributed by atoms with Gasteiger partial charge in [0.05, 0.1) is 12.2 Å². The molecule has 1 N–H and O–H groups in total. The lowest BCUT2D eigenvalue weighted by atomic mass is 9.95. The number of nitrogens with one attached hydrogen (secondary N) is 1. The molecule has 0 bridgehead atoms. The predicted molar refractivity (Wildman–Crippen MR) is 96.2 cm³/mol. The maximum Gasteiger partial charge on any atom is 0.341 e. The summed E-state index contributed by atoms with van der Waals surface area (Å²) in [6, 6.07) is 12.6. The van der Waals surface area contributed by atoms with E-state index in [-0.39, 0.29) is 5.97 Å². The van der Waals surface area contributed by atoms with Crippen molar-refractivity contribution in [1.82, 2.24) is 0 Å². The van der Waals surface area contributed by atoms with Crippen molar-refractivity contribution in [3.63, 3.8) is 0 Å². The summed E-state index contributed by atoms with van der Waals surface area (Å²) in [6.45, 7) is 2.24. The van der Waals surface area contributed by atoms with E-state index in [1.807, 2.05) is 31.2 Å². The normalized spacial score (nSPS) is 15.3. The van der Waals surface area contributed by atoms with Crippen LogP contribution in [0.4, 0.5) is 5.00 Å². The minimum Gasteiger partial charge on any atom is -0.462 e. The Bertz CT molecular complexity index is 645. The van der Waals surface area contributed by atoms with Crippen LogP contribution in [0.3, 0.4) is 0 Å². The Balaban J connectivity index is 1.88. The van der Waals surface area contributed by atoms with Gasteiger partial charge in [-0.2, -0.15) is 0 Å². The van der Waals surface area contributed by atoms with Gasteiger partial charge in [-0.25, -0.2) is 4.79 Å². The summed E-state index contributed by atoms with van der Waals surface area (Å²) >= 11 is 1.65. The van der Waals surface area contributed by atoms with E-state index in [0.717, 1.165) is 15.4 Å².